The van der Waals surface area contributed by atoms with E-state index < -0.39 is 28.5 Å². The van der Waals surface area contributed by atoms with Gasteiger partial charge in [0, 0.05) is 28.7 Å². The van der Waals surface area contributed by atoms with Gasteiger partial charge in [-0.2, -0.15) is 22.8 Å². The van der Waals surface area contributed by atoms with Gasteiger partial charge in [-0.3, -0.25) is 0 Å². The van der Waals surface area contributed by atoms with Crippen LogP contribution in [0.1, 0.15) is 16.7 Å². The van der Waals surface area contributed by atoms with E-state index in [0.29, 0.717) is 22.9 Å². The van der Waals surface area contributed by atoms with E-state index in [9.17, 15) is 17.6 Å². The molecule has 4 aromatic rings. The number of aromatic nitrogens is 4. The average Bonchev–Trinajstić information content (AvgIpc) is 3.42. The fraction of sp³-hybridized carbons (Fsp3) is 0.150. The first kappa shape index (κ1) is 18.3. The number of benzene rings is 2. The normalized spacial score (nSPS) is 16.7. The minimum atomic E-state index is -3.78. The van der Waals surface area contributed by atoms with Crippen molar-refractivity contribution in [3.63, 3.8) is 0 Å². The summed E-state index contributed by atoms with van der Waals surface area (Å²) in [5.74, 6) is -6.76. The number of hydrogen-bond donors (Lipinski definition) is 2. The van der Waals surface area contributed by atoms with Crippen molar-refractivity contribution in [2.75, 3.05) is 5.32 Å². The minimum absolute atomic E-state index is 0.274. The zero-order chi connectivity index (χ0) is 21.1. The molecule has 0 bridgehead atoms. The number of rotatable bonds is 4. The van der Waals surface area contributed by atoms with Gasteiger partial charge in [-0.1, -0.05) is 24.8 Å². The first-order chi connectivity index (χ1) is 14.3. The van der Waals surface area contributed by atoms with E-state index >= 15 is 0 Å². The Kier molecular flexibility index (Phi) is 3.76. The van der Waals surface area contributed by atoms with Crippen LogP contribution in [0.4, 0.5) is 23.2 Å². The zero-order valence-corrected chi connectivity index (χ0v) is 15.2. The number of fused-ring (bicyclic) bond motifs is 2. The number of tetrazole rings is 1. The van der Waals surface area contributed by atoms with Crippen LogP contribution in [0.5, 0.6) is 0 Å². The maximum Gasteiger partial charge on any atom is 0.300 e. The highest BCUT2D eigenvalue weighted by Crippen LogP contribution is 2.57. The van der Waals surface area contributed by atoms with Crippen LogP contribution in [-0.4, -0.2) is 20.6 Å². The Bertz CT molecular complexity index is 1280. The molecule has 1 aliphatic carbocycles. The third-order valence-corrected chi connectivity index (χ3v) is 5.10. The van der Waals surface area contributed by atoms with E-state index in [2.05, 4.69) is 32.5 Å². The molecule has 2 aromatic carbocycles. The first-order valence-corrected chi connectivity index (χ1v) is 8.87. The van der Waals surface area contributed by atoms with Crippen molar-refractivity contribution in [3.05, 3.63) is 71.3 Å². The van der Waals surface area contributed by atoms with E-state index in [1.807, 2.05) is 12.1 Å². The molecule has 1 aliphatic rings. The van der Waals surface area contributed by atoms with E-state index in [1.165, 1.54) is 6.07 Å². The lowest BCUT2D eigenvalue weighted by Gasteiger charge is -2.13. The van der Waals surface area contributed by atoms with Crippen LogP contribution in [-0.2, 0) is 18.4 Å². The molecular formula is C20H13F4N5O. The van der Waals surface area contributed by atoms with Crippen molar-refractivity contribution in [1.82, 2.24) is 20.6 Å². The first-order valence-electron chi connectivity index (χ1n) is 8.87. The van der Waals surface area contributed by atoms with Crippen LogP contribution < -0.4 is 5.32 Å². The molecule has 2 aromatic heterocycles. The summed E-state index contributed by atoms with van der Waals surface area (Å²) in [7, 11) is 0. The number of H-pyrrole nitrogens is 1. The number of anilines is 1. The van der Waals surface area contributed by atoms with E-state index in [4.69, 9.17) is 4.42 Å². The van der Waals surface area contributed by atoms with Gasteiger partial charge < -0.3 is 9.73 Å². The van der Waals surface area contributed by atoms with Crippen LogP contribution in [0.3, 0.4) is 0 Å². The quantitative estimate of drug-likeness (QED) is 0.363. The second kappa shape index (κ2) is 6.15. The van der Waals surface area contributed by atoms with Crippen molar-refractivity contribution < 1.29 is 22.0 Å². The van der Waals surface area contributed by atoms with Crippen LogP contribution >= 0.6 is 0 Å². The lowest BCUT2D eigenvalue weighted by atomic mass is 10.1. The highest BCUT2D eigenvalue weighted by molar-refractivity contribution is 5.82. The van der Waals surface area contributed by atoms with Crippen molar-refractivity contribution in [3.8, 4) is 11.6 Å². The molecule has 6 nitrogen and oxygen atoms in total. The molecule has 0 spiro atoms. The number of furan rings is 1. The molecule has 0 amide bonds. The topological polar surface area (TPSA) is 79.6 Å². The van der Waals surface area contributed by atoms with E-state index in [-0.39, 0.29) is 6.54 Å². The number of hydrogen-bond acceptors (Lipinski definition) is 5. The third-order valence-electron chi connectivity index (χ3n) is 5.10. The number of allylic oxidation sites excluding steroid dienone is 1. The average molecular weight is 415 g/mol. The second-order valence-electron chi connectivity index (χ2n) is 6.96. The largest absolute Gasteiger partial charge is 0.453 e. The number of nitrogens with zero attached hydrogens (tertiary/aromatic N) is 3. The molecule has 5 rings (SSSR count). The Labute approximate surface area is 166 Å². The molecule has 0 fully saturated rings. The minimum Gasteiger partial charge on any atom is -0.453 e. The maximum absolute atomic E-state index is 14.2. The molecule has 0 unspecified atom stereocenters. The second-order valence-corrected chi connectivity index (χ2v) is 6.96. The monoisotopic (exact) mass is 415 g/mol. The highest BCUT2D eigenvalue weighted by atomic mass is 19.3. The number of aromatic amines is 1. The fourth-order valence-electron chi connectivity index (χ4n) is 3.48. The Morgan fingerprint density at radius 1 is 1.00 bits per heavy atom. The maximum atomic E-state index is 14.2. The summed E-state index contributed by atoms with van der Waals surface area (Å²) in [5, 5.41) is 17.4. The highest BCUT2D eigenvalue weighted by Gasteiger charge is 2.59. The Morgan fingerprint density at radius 2 is 1.80 bits per heavy atom. The van der Waals surface area contributed by atoms with Gasteiger partial charge in [-0.05, 0) is 35.0 Å². The van der Waals surface area contributed by atoms with Crippen molar-refractivity contribution in [2.45, 2.75) is 18.4 Å². The molecule has 0 radical (unpaired) electrons. The molecule has 0 saturated heterocycles. The van der Waals surface area contributed by atoms with Gasteiger partial charge in [0.15, 0.2) is 5.76 Å². The number of alkyl halides is 4. The molecule has 0 aliphatic heterocycles. The molecular weight excluding hydrogens is 402 g/mol. The van der Waals surface area contributed by atoms with Crippen LogP contribution in [0.15, 0.2) is 59.0 Å². The summed E-state index contributed by atoms with van der Waals surface area (Å²) < 4.78 is 62.2. The predicted molar refractivity (Wildman–Crippen MR) is 100 cm³/mol. The summed E-state index contributed by atoms with van der Waals surface area (Å²) in [4.78, 5) is 0. The molecule has 152 valence electrons. The van der Waals surface area contributed by atoms with Crippen LogP contribution in [0.25, 0.3) is 22.6 Å². The van der Waals surface area contributed by atoms with Gasteiger partial charge >= 0.3 is 11.8 Å². The van der Waals surface area contributed by atoms with Crippen molar-refractivity contribution in [2.24, 2.45) is 0 Å². The zero-order valence-electron chi connectivity index (χ0n) is 15.2. The van der Waals surface area contributed by atoms with Gasteiger partial charge in [0.25, 0.3) is 0 Å². The van der Waals surface area contributed by atoms with Crippen molar-refractivity contribution >= 4 is 16.7 Å². The third kappa shape index (κ3) is 2.67. The van der Waals surface area contributed by atoms with Crippen LogP contribution in [0.2, 0.25) is 0 Å². The molecule has 30 heavy (non-hydrogen) atoms. The SMILES string of the molecule is C=C1C(F)(F)c2ccc(NCc3ccc4cc(-c5nn[nH]n5)oc4c3)cc2C1(F)F. The van der Waals surface area contributed by atoms with Gasteiger partial charge in [-0.15, -0.1) is 10.2 Å². The summed E-state index contributed by atoms with van der Waals surface area (Å²) in [6.07, 6.45) is 0. The molecule has 2 N–H and O–H groups in total. The lowest BCUT2D eigenvalue weighted by molar-refractivity contribution is -0.0211. The fourth-order valence-corrected chi connectivity index (χ4v) is 3.48. The van der Waals surface area contributed by atoms with Gasteiger partial charge in [0.1, 0.15) is 5.58 Å². The molecule has 0 atom stereocenters. The summed E-state index contributed by atoms with van der Waals surface area (Å²) in [6.45, 7) is 3.18. The van der Waals surface area contributed by atoms with E-state index in [1.54, 1.807) is 12.1 Å². The molecule has 10 heteroatoms. The molecule has 2 heterocycles. The lowest BCUT2D eigenvalue weighted by Crippen LogP contribution is -2.17. The summed E-state index contributed by atoms with van der Waals surface area (Å²) >= 11 is 0. The van der Waals surface area contributed by atoms with Crippen LogP contribution in [0, 0.1) is 0 Å². The number of nitrogens with one attached hydrogen (secondary N) is 2. The van der Waals surface area contributed by atoms with Gasteiger partial charge in [0.2, 0.25) is 5.82 Å². The van der Waals surface area contributed by atoms with E-state index in [0.717, 1.165) is 23.1 Å². The Hall–Kier alpha value is -3.69. The van der Waals surface area contributed by atoms with Gasteiger partial charge in [0.05, 0.1) is 5.57 Å². The molecule has 0 saturated carbocycles. The number of halogens is 4. The van der Waals surface area contributed by atoms with Crippen molar-refractivity contribution in [1.29, 1.82) is 0 Å². The van der Waals surface area contributed by atoms with Gasteiger partial charge in [-0.25, -0.2) is 0 Å². The predicted octanol–water partition coefficient (Wildman–Crippen LogP) is 4.98. The Balaban J connectivity index is 1.39. The summed E-state index contributed by atoms with van der Waals surface area (Å²) in [5.41, 5.74) is -1.15. The smallest absolute Gasteiger partial charge is 0.300 e. The summed E-state index contributed by atoms with van der Waals surface area (Å²) in [6, 6.07) is 10.6. The Morgan fingerprint density at radius 3 is 2.57 bits per heavy atom. The standard InChI is InChI=1S/C20H13F4N5O/c1-10-19(21,22)14-5-4-13(8-15(14)20(10,23)24)25-9-11-2-3-12-7-17(30-16(12)6-11)18-26-28-29-27-18/h2-8,25H,1,9H2,(H,26,27,28,29).